The fourth-order valence-corrected chi connectivity index (χ4v) is 3.71. The molecular weight excluding hydrogens is 302 g/mol. The topological polar surface area (TPSA) is 38.2 Å². The Kier molecular flexibility index (Phi) is 4.48. The molecule has 6 heteroatoms. The molecule has 3 aromatic rings. The summed E-state index contributed by atoms with van der Waals surface area (Å²) >= 11 is 3.38. The van der Waals surface area contributed by atoms with Crippen LogP contribution in [0, 0.1) is 6.92 Å². The smallest absolute Gasteiger partial charge is 0.141 e. The van der Waals surface area contributed by atoms with E-state index in [1.807, 2.05) is 6.92 Å². The van der Waals surface area contributed by atoms with Crippen LogP contribution in [0.1, 0.15) is 11.4 Å². The van der Waals surface area contributed by atoms with Crippen LogP contribution in [0.5, 0.6) is 0 Å². The van der Waals surface area contributed by atoms with Gasteiger partial charge in [-0.2, -0.15) is 11.3 Å². The minimum Gasteiger partial charge on any atom is -0.383 e. The molecule has 0 radical (unpaired) electrons. The number of fused-ring (bicyclic) bond motifs is 1. The van der Waals surface area contributed by atoms with Gasteiger partial charge in [0.2, 0.25) is 0 Å². The molecule has 0 spiro atoms. The van der Waals surface area contributed by atoms with Gasteiger partial charge in [-0.15, -0.1) is 11.3 Å². The van der Waals surface area contributed by atoms with Crippen LogP contribution < -0.4 is 4.90 Å². The maximum absolute atomic E-state index is 5.26. The number of anilines is 1. The van der Waals surface area contributed by atoms with Crippen molar-refractivity contribution in [3.8, 4) is 0 Å². The number of nitrogens with zero attached hydrogens (tertiary/aromatic N) is 3. The van der Waals surface area contributed by atoms with Gasteiger partial charge in [-0.1, -0.05) is 0 Å². The zero-order valence-corrected chi connectivity index (χ0v) is 13.7. The number of ether oxygens (including phenoxy) is 1. The molecule has 0 saturated heterocycles. The number of methoxy groups -OCH3 is 1. The van der Waals surface area contributed by atoms with E-state index >= 15 is 0 Å². The van der Waals surface area contributed by atoms with Crippen molar-refractivity contribution in [2.45, 2.75) is 13.5 Å². The summed E-state index contributed by atoms with van der Waals surface area (Å²) < 4.78 is 5.26. The molecule has 0 aliphatic carbocycles. The van der Waals surface area contributed by atoms with Crippen molar-refractivity contribution >= 4 is 38.7 Å². The molecule has 0 aliphatic rings. The standard InChI is InChI=1S/C15H17N3OS2/c1-11-16-14(13-4-8-21-15(13)17-11)18(5-6-19-2)9-12-3-7-20-10-12/h3-4,7-8,10H,5-6,9H2,1-2H3. The van der Waals surface area contributed by atoms with E-state index in [2.05, 4.69) is 43.1 Å². The normalized spacial score (nSPS) is 11.1. The molecule has 3 aromatic heterocycles. The van der Waals surface area contributed by atoms with Crippen LogP contribution >= 0.6 is 22.7 Å². The summed E-state index contributed by atoms with van der Waals surface area (Å²) in [5, 5.41) is 7.48. The molecule has 0 aliphatic heterocycles. The van der Waals surface area contributed by atoms with Gasteiger partial charge in [0.05, 0.1) is 12.0 Å². The summed E-state index contributed by atoms with van der Waals surface area (Å²) in [5.74, 6) is 1.81. The monoisotopic (exact) mass is 319 g/mol. The predicted octanol–water partition coefficient (Wildman–Crippen LogP) is 3.71. The molecule has 21 heavy (non-hydrogen) atoms. The lowest BCUT2D eigenvalue weighted by Gasteiger charge is -2.24. The molecular formula is C15H17N3OS2. The van der Waals surface area contributed by atoms with Gasteiger partial charge in [0.1, 0.15) is 16.5 Å². The highest BCUT2D eigenvalue weighted by atomic mass is 32.1. The third-order valence-electron chi connectivity index (χ3n) is 3.24. The minimum absolute atomic E-state index is 0.679. The van der Waals surface area contributed by atoms with E-state index in [0.717, 1.165) is 34.9 Å². The highest BCUT2D eigenvalue weighted by Gasteiger charge is 2.15. The number of aryl methyl sites for hydroxylation is 1. The predicted molar refractivity (Wildman–Crippen MR) is 89.4 cm³/mol. The number of hydrogen-bond donors (Lipinski definition) is 0. The molecule has 110 valence electrons. The maximum Gasteiger partial charge on any atom is 0.141 e. The van der Waals surface area contributed by atoms with Gasteiger partial charge in [-0.3, -0.25) is 0 Å². The lowest BCUT2D eigenvalue weighted by Crippen LogP contribution is -2.27. The van der Waals surface area contributed by atoms with Crippen LogP contribution in [-0.4, -0.2) is 30.2 Å². The molecule has 0 amide bonds. The summed E-state index contributed by atoms with van der Waals surface area (Å²) in [6.45, 7) is 4.28. The van der Waals surface area contributed by atoms with Crippen LogP contribution in [0.2, 0.25) is 0 Å². The molecule has 0 atom stereocenters. The van der Waals surface area contributed by atoms with Gasteiger partial charge >= 0.3 is 0 Å². The Morgan fingerprint density at radius 2 is 2.14 bits per heavy atom. The first kappa shape index (κ1) is 14.4. The van der Waals surface area contributed by atoms with Gasteiger partial charge in [0.25, 0.3) is 0 Å². The molecule has 3 rings (SSSR count). The van der Waals surface area contributed by atoms with Crippen molar-refractivity contribution in [2.75, 3.05) is 25.2 Å². The summed E-state index contributed by atoms with van der Waals surface area (Å²) in [5.41, 5.74) is 1.30. The molecule has 0 fully saturated rings. The largest absolute Gasteiger partial charge is 0.383 e. The van der Waals surface area contributed by atoms with Crippen molar-refractivity contribution in [1.82, 2.24) is 9.97 Å². The fraction of sp³-hybridized carbons (Fsp3) is 0.333. The quantitative estimate of drug-likeness (QED) is 0.694. The van der Waals surface area contributed by atoms with Gasteiger partial charge in [0.15, 0.2) is 0 Å². The average Bonchev–Trinajstić information content (AvgIpc) is 3.13. The van der Waals surface area contributed by atoms with Gasteiger partial charge < -0.3 is 9.64 Å². The van der Waals surface area contributed by atoms with Crippen molar-refractivity contribution in [3.63, 3.8) is 0 Å². The molecule has 4 nitrogen and oxygen atoms in total. The van der Waals surface area contributed by atoms with Crippen LogP contribution in [0.4, 0.5) is 5.82 Å². The van der Waals surface area contributed by atoms with Gasteiger partial charge in [-0.25, -0.2) is 9.97 Å². The number of thiophene rings is 2. The first-order valence-corrected chi connectivity index (χ1v) is 8.57. The van der Waals surface area contributed by atoms with Crippen LogP contribution in [0.15, 0.2) is 28.3 Å². The van der Waals surface area contributed by atoms with E-state index in [-0.39, 0.29) is 0 Å². The Morgan fingerprint density at radius 3 is 2.90 bits per heavy atom. The van der Waals surface area contributed by atoms with Crippen molar-refractivity contribution in [2.24, 2.45) is 0 Å². The van der Waals surface area contributed by atoms with Gasteiger partial charge in [-0.05, 0) is 40.8 Å². The Morgan fingerprint density at radius 1 is 1.24 bits per heavy atom. The highest BCUT2D eigenvalue weighted by molar-refractivity contribution is 7.16. The van der Waals surface area contributed by atoms with Crippen molar-refractivity contribution in [1.29, 1.82) is 0 Å². The van der Waals surface area contributed by atoms with Crippen LogP contribution in [-0.2, 0) is 11.3 Å². The molecule has 0 N–H and O–H groups in total. The summed E-state index contributed by atoms with van der Waals surface area (Å²) in [6.07, 6.45) is 0. The van der Waals surface area contributed by atoms with Crippen LogP contribution in [0.25, 0.3) is 10.2 Å². The highest BCUT2D eigenvalue weighted by Crippen LogP contribution is 2.28. The first-order chi connectivity index (χ1) is 10.3. The van der Waals surface area contributed by atoms with Gasteiger partial charge in [0, 0.05) is 20.2 Å². The lowest BCUT2D eigenvalue weighted by atomic mass is 10.2. The fourth-order valence-electron chi connectivity index (χ4n) is 2.25. The summed E-state index contributed by atoms with van der Waals surface area (Å²) in [4.78, 5) is 12.5. The second-order valence-electron chi connectivity index (χ2n) is 4.78. The Labute approximate surface area is 132 Å². The summed E-state index contributed by atoms with van der Waals surface area (Å²) in [7, 11) is 1.73. The van der Waals surface area contributed by atoms with Crippen LogP contribution in [0.3, 0.4) is 0 Å². The molecule has 0 bridgehead atoms. The lowest BCUT2D eigenvalue weighted by molar-refractivity contribution is 0.205. The zero-order valence-electron chi connectivity index (χ0n) is 12.1. The first-order valence-electron chi connectivity index (χ1n) is 6.74. The van der Waals surface area contributed by atoms with E-state index in [0.29, 0.717) is 6.61 Å². The van der Waals surface area contributed by atoms with E-state index in [9.17, 15) is 0 Å². The average molecular weight is 319 g/mol. The Hall–Kier alpha value is -1.50. The Bertz CT molecular complexity index is 709. The third-order valence-corrected chi connectivity index (χ3v) is 4.77. The maximum atomic E-state index is 5.26. The Balaban J connectivity index is 1.98. The molecule has 0 saturated carbocycles. The van der Waals surface area contributed by atoms with E-state index in [4.69, 9.17) is 4.74 Å². The van der Waals surface area contributed by atoms with Crippen molar-refractivity contribution in [3.05, 3.63) is 39.7 Å². The van der Waals surface area contributed by atoms with E-state index in [1.165, 1.54) is 5.56 Å². The third kappa shape index (κ3) is 3.23. The molecule has 0 unspecified atom stereocenters. The number of hydrogen-bond acceptors (Lipinski definition) is 6. The SMILES string of the molecule is COCCN(Cc1ccsc1)c1nc(C)nc2sccc12. The van der Waals surface area contributed by atoms with E-state index in [1.54, 1.807) is 29.8 Å². The molecule has 0 aromatic carbocycles. The zero-order chi connectivity index (χ0) is 14.7. The van der Waals surface area contributed by atoms with E-state index < -0.39 is 0 Å². The molecule has 3 heterocycles. The van der Waals surface area contributed by atoms with Crippen molar-refractivity contribution < 1.29 is 4.74 Å². The second-order valence-corrected chi connectivity index (χ2v) is 6.45. The second kappa shape index (κ2) is 6.51. The number of rotatable bonds is 6. The number of aromatic nitrogens is 2. The summed E-state index contributed by atoms with van der Waals surface area (Å²) in [6, 6.07) is 4.26. The minimum atomic E-state index is 0.679.